The number of hydrogen-bond acceptors (Lipinski definition) is 6. The van der Waals surface area contributed by atoms with Gasteiger partial charge in [-0.05, 0) is 0 Å². The molecule has 0 bridgehead atoms. The van der Waals surface area contributed by atoms with E-state index in [1.165, 1.54) is 11.3 Å². The Bertz CT molecular complexity index is 525. The number of rotatable bonds is 2. The van der Waals surface area contributed by atoms with Crippen LogP contribution in [-0.4, -0.2) is 37.2 Å². The molecule has 0 aliphatic carbocycles. The SMILES string of the molecule is NCc1cnc(-n2ccnn2)s1.O=C(O)C(F)(F)F. The van der Waals surface area contributed by atoms with Crippen LogP contribution in [0.4, 0.5) is 13.2 Å². The van der Waals surface area contributed by atoms with Crippen LogP contribution in [0.1, 0.15) is 4.88 Å². The van der Waals surface area contributed by atoms with Crippen molar-refractivity contribution < 1.29 is 23.1 Å². The minimum Gasteiger partial charge on any atom is -0.475 e. The van der Waals surface area contributed by atoms with Gasteiger partial charge in [-0.2, -0.15) is 17.9 Å². The number of aliphatic carboxylic acids is 1. The lowest BCUT2D eigenvalue weighted by Gasteiger charge is -1.93. The summed E-state index contributed by atoms with van der Waals surface area (Å²) in [4.78, 5) is 14.1. The highest BCUT2D eigenvalue weighted by Crippen LogP contribution is 2.14. The number of thiazole rings is 1. The van der Waals surface area contributed by atoms with E-state index < -0.39 is 12.1 Å². The predicted molar refractivity (Wildman–Crippen MR) is 58.6 cm³/mol. The van der Waals surface area contributed by atoms with E-state index in [9.17, 15) is 13.2 Å². The van der Waals surface area contributed by atoms with Gasteiger partial charge in [0.25, 0.3) is 0 Å². The monoisotopic (exact) mass is 295 g/mol. The molecule has 104 valence electrons. The van der Waals surface area contributed by atoms with Crippen molar-refractivity contribution >= 4 is 17.3 Å². The highest BCUT2D eigenvalue weighted by Gasteiger charge is 2.38. The molecule has 0 radical (unpaired) electrons. The molecule has 0 fully saturated rings. The Hall–Kier alpha value is -2.01. The van der Waals surface area contributed by atoms with Crippen LogP contribution in [0, 0.1) is 0 Å². The Morgan fingerprint density at radius 3 is 2.53 bits per heavy atom. The molecule has 3 N–H and O–H groups in total. The van der Waals surface area contributed by atoms with Crippen molar-refractivity contribution in [1.29, 1.82) is 0 Å². The zero-order valence-electron chi connectivity index (χ0n) is 9.20. The highest BCUT2D eigenvalue weighted by atomic mass is 32.1. The lowest BCUT2D eigenvalue weighted by atomic mass is 10.6. The second kappa shape index (κ2) is 6.24. The van der Waals surface area contributed by atoms with Gasteiger partial charge in [-0.15, -0.1) is 5.10 Å². The Morgan fingerprint density at radius 2 is 2.16 bits per heavy atom. The van der Waals surface area contributed by atoms with E-state index in [-0.39, 0.29) is 0 Å². The van der Waals surface area contributed by atoms with Crippen LogP contribution in [0.2, 0.25) is 0 Å². The number of carboxylic acids is 1. The first-order valence-electron chi connectivity index (χ1n) is 4.66. The van der Waals surface area contributed by atoms with Gasteiger partial charge >= 0.3 is 12.1 Å². The molecule has 0 saturated carbocycles. The molecule has 0 aliphatic rings. The summed E-state index contributed by atoms with van der Waals surface area (Å²) in [6, 6.07) is 0. The van der Waals surface area contributed by atoms with Crippen molar-refractivity contribution in [2.24, 2.45) is 5.73 Å². The Morgan fingerprint density at radius 1 is 1.53 bits per heavy atom. The summed E-state index contributed by atoms with van der Waals surface area (Å²) >= 11 is 1.51. The average molecular weight is 295 g/mol. The fourth-order valence-corrected chi connectivity index (χ4v) is 1.53. The third kappa shape index (κ3) is 4.63. The number of aromatic nitrogens is 4. The van der Waals surface area contributed by atoms with Gasteiger partial charge in [0.05, 0.1) is 12.4 Å². The van der Waals surface area contributed by atoms with Gasteiger partial charge < -0.3 is 10.8 Å². The summed E-state index contributed by atoms with van der Waals surface area (Å²) in [5.74, 6) is -2.76. The molecule has 2 heterocycles. The lowest BCUT2D eigenvalue weighted by molar-refractivity contribution is -0.192. The molecule has 0 atom stereocenters. The minimum absolute atomic E-state index is 0.520. The molecular weight excluding hydrogens is 287 g/mol. The maximum Gasteiger partial charge on any atom is 0.490 e. The molecule has 0 aromatic carbocycles. The van der Waals surface area contributed by atoms with E-state index in [4.69, 9.17) is 15.6 Å². The van der Waals surface area contributed by atoms with E-state index in [0.717, 1.165) is 10.0 Å². The van der Waals surface area contributed by atoms with Gasteiger partial charge in [0.15, 0.2) is 0 Å². The zero-order valence-corrected chi connectivity index (χ0v) is 10.0. The lowest BCUT2D eigenvalue weighted by Crippen LogP contribution is -2.21. The molecule has 0 saturated heterocycles. The van der Waals surface area contributed by atoms with Crippen LogP contribution in [0.3, 0.4) is 0 Å². The van der Waals surface area contributed by atoms with Crippen molar-refractivity contribution in [2.45, 2.75) is 12.7 Å². The molecule has 11 heteroatoms. The van der Waals surface area contributed by atoms with E-state index in [2.05, 4.69) is 15.3 Å². The summed E-state index contributed by atoms with van der Waals surface area (Å²) in [6.07, 6.45) is 0.0321. The third-order valence-corrected chi connectivity index (χ3v) is 2.61. The van der Waals surface area contributed by atoms with Crippen LogP contribution in [-0.2, 0) is 11.3 Å². The number of carboxylic acid groups (broad SMARTS) is 1. The van der Waals surface area contributed by atoms with Crippen LogP contribution in [0.25, 0.3) is 5.13 Å². The summed E-state index contributed by atoms with van der Waals surface area (Å²) in [6.45, 7) is 0.520. The van der Waals surface area contributed by atoms with Crippen LogP contribution < -0.4 is 5.73 Å². The Labute approximate surface area is 108 Å². The molecule has 7 nitrogen and oxygen atoms in total. The number of nitrogens with two attached hydrogens (primary N) is 1. The number of alkyl halides is 3. The molecule has 0 aliphatic heterocycles. The van der Waals surface area contributed by atoms with E-state index in [0.29, 0.717) is 6.54 Å². The number of hydrogen-bond donors (Lipinski definition) is 2. The van der Waals surface area contributed by atoms with E-state index in [1.54, 1.807) is 23.3 Å². The van der Waals surface area contributed by atoms with Crippen molar-refractivity contribution in [1.82, 2.24) is 20.0 Å². The number of carbonyl (C=O) groups is 1. The molecule has 0 unspecified atom stereocenters. The number of halogens is 3. The number of nitrogens with zero attached hydrogens (tertiary/aromatic N) is 4. The average Bonchev–Trinajstić information content (AvgIpc) is 2.99. The summed E-state index contributed by atoms with van der Waals surface area (Å²) in [5.41, 5.74) is 5.44. The first kappa shape index (κ1) is 15.0. The fourth-order valence-electron chi connectivity index (χ4n) is 0.808. The van der Waals surface area contributed by atoms with Crippen LogP contribution in [0.15, 0.2) is 18.6 Å². The fraction of sp³-hybridized carbons (Fsp3) is 0.250. The molecule has 2 rings (SSSR count). The maximum absolute atomic E-state index is 10.6. The maximum atomic E-state index is 10.6. The normalized spacial score (nSPS) is 10.7. The van der Waals surface area contributed by atoms with Crippen LogP contribution in [0.5, 0.6) is 0 Å². The van der Waals surface area contributed by atoms with Gasteiger partial charge in [-0.1, -0.05) is 16.6 Å². The molecule has 2 aromatic rings. The van der Waals surface area contributed by atoms with Crippen LogP contribution >= 0.6 is 11.3 Å². The van der Waals surface area contributed by atoms with Crippen molar-refractivity contribution in [3.8, 4) is 5.13 Å². The zero-order chi connectivity index (χ0) is 14.5. The standard InChI is InChI=1S/C6H7N5S.C2HF3O2/c7-3-5-4-8-6(12-5)11-2-1-9-10-11;3-2(4,5)1(6)7/h1-2,4H,3,7H2;(H,6,7). The highest BCUT2D eigenvalue weighted by molar-refractivity contribution is 7.14. The van der Waals surface area contributed by atoms with Crippen molar-refractivity contribution in [2.75, 3.05) is 0 Å². The molecule has 0 amide bonds. The molecule has 2 aromatic heterocycles. The second-order valence-electron chi connectivity index (χ2n) is 2.96. The summed E-state index contributed by atoms with van der Waals surface area (Å²) in [7, 11) is 0. The molecule has 19 heavy (non-hydrogen) atoms. The van der Waals surface area contributed by atoms with Gasteiger partial charge in [-0.25, -0.2) is 9.78 Å². The van der Waals surface area contributed by atoms with Gasteiger partial charge in [0.2, 0.25) is 5.13 Å². The van der Waals surface area contributed by atoms with E-state index >= 15 is 0 Å². The van der Waals surface area contributed by atoms with Gasteiger partial charge in [0, 0.05) is 17.6 Å². The van der Waals surface area contributed by atoms with Crippen molar-refractivity contribution in [3.63, 3.8) is 0 Å². The third-order valence-electron chi connectivity index (χ3n) is 1.60. The van der Waals surface area contributed by atoms with E-state index in [1.807, 2.05) is 0 Å². The quantitative estimate of drug-likeness (QED) is 0.849. The first-order valence-corrected chi connectivity index (χ1v) is 5.48. The smallest absolute Gasteiger partial charge is 0.475 e. The topological polar surface area (TPSA) is 107 Å². The second-order valence-corrected chi connectivity index (χ2v) is 4.06. The molecular formula is C8H8F3N5O2S. The summed E-state index contributed by atoms with van der Waals surface area (Å²) in [5, 5.41) is 15.4. The first-order chi connectivity index (χ1) is 8.84. The van der Waals surface area contributed by atoms with Crippen molar-refractivity contribution in [3.05, 3.63) is 23.5 Å². The largest absolute Gasteiger partial charge is 0.490 e. The predicted octanol–water partition coefficient (Wildman–Crippen LogP) is 0.816. The molecule has 0 spiro atoms. The van der Waals surface area contributed by atoms with Gasteiger partial charge in [0.1, 0.15) is 0 Å². The Kier molecular flexibility index (Phi) is 4.94. The Balaban J connectivity index is 0.000000224. The minimum atomic E-state index is -5.08. The van der Waals surface area contributed by atoms with Gasteiger partial charge in [-0.3, -0.25) is 0 Å². The summed E-state index contributed by atoms with van der Waals surface area (Å²) < 4.78 is 33.4.